The van der Waals surface area contributed by atoms with Gasteiger partial charge in [0, 0.05) is 60.4 Å². The Kier molecular flexibility index (Phi) is 5.38. The van der Waals surface area contributed by atoms with Crippen molar-refractivity contribution in [1.82, 2.24) is 14.3 Å². The van der Waals surface area contributed by atoms with Crippen LogP contribution in [0.15, 0.2) is 24.5 Å². The number of nitrogen functional groups attached to an aromatic ring is 1. The summed E-state index contributed by atoms with van der Waals surface area (Å²) in [5.74, 6) is 0.111. The molecule has 4 N–H and O–H groups in total. The molecule has 13 heteroatoms. The SMILES string of the molecule is Cc1c(-c2cc3cc(NC(=O)O[C@H]4[C@@H]5CN(S(C)(=O)=O)C[C@@H]54)ncc3c(N)c2F)cnc2c1NCCO2. The molecule has 1 saturated carbocycles. The summed E-state index contributed by atoms with van der Waals surface area (Å²) in [6.07, 6.45) is 3.11. The maximum atomic E-state index is 15.3. The van der Waals surface area contributed by atoms with Crippen molar-refractivity contribution in [2.75, 3.05) is 48.9 Å². The molecule has 0 bridgehead atoms. The summed E-state index contributed by atoms with van der Waals surface area (Å²) in [6, 6.07) is 3.24. The number of anilines is 3. The van der Waals surface area contributed by atoms with Crippen molar-refractivity contribution in [2.45, 2.75) is 13.0 Å². The maximum Gasteiger partial charge on any atom is 0.413 e. The fraction of sp³-hybridized carbons (Fsp3) is 0.375. The number of sulfonamides is 1. The molecule has 37 heavy (non-hydrogen) atoms. The Labute approximate surface area is 212 Å². The lowest BCUT2D eigenvalue weighted by molar-refractivity contribution is 0.136. The number of rotatable bonds is 4. The highest BCUT2D eigenvalue weighted by atomic mass is 32.2. The van der Waals surface area contributed by atoms with E-state index in [1.54, 1.807) is 18.3 Å². The van der Waals surface area contributed by atoms with Gasteiger partial charge in [-0.1, -0.05) is 0 Å². The van der Waals surface area contributed by atoms with Crippen LogP contribution in [0.25, 0.3) is 21.9 Å². The highest BCUT2D eigenvalue weighted by Crippen LogP contribution is 2.48. The number of hydrogen-bond donors (Lipinski definition) is 3. The highest BCUT2D eigenvalue weighted by Gasteiger charge is 2.60. The van der Waals surface area contributed by atoms with Crippen LogP contribution in [0.2, 0.25) is 0 Å². The Morgan fingerprint density at radius 2 is 2.00 bits per heavy atom. The van der Waals surface area contributed by atoms with Gasteiger partial charge in [-0.3, -0.25) is 5.32 Å². The third-order valence-electron chi connectivity index (χ3n) is 7.26. The van der Waals surface area contributed by atoms with E-state index >= 15 is 4.39 Å². The zero-order chi connectivity index (χ0) is 26.1. The Balaban J connectivity index is 1.23. The molecule has 1 aliphatic carbocycles. The topological polar surface area (TPSA) is 149 Å². The number of nitrogens with one attached hydrogen (secondary N) is 2. The van der Waals surface area contributed by atoms with Gasteiger partial charge >= 0.3 is 6.09 Å². The molecule has 4 heterocycles. The molecule has 0 spiro atoms. The number of fused-ring (bicyclic) bond motifs is 3. The minimum atomic E-state index is -3.25. The first-order chi connectivity index (χ1) is 17.6. The van der Waals surface area contributed by atoms with Gasteiger partial charge in [-0.05, 0) is 30.0 Å². The number of carbonyl (C=O) groups excluding carboxylic acids is 1. The van der Waals surface area contributed by atoms with Crippen LogP contribution in [-0.2, 0) is 14.8 Å². The number of amides is 1. The van der Waals surface area contributed by atoms with Crippen LogP contribution in [0.3, 0.4) is 0 Å². The fourth-order valence-corrected chi connectivity index (χ4v) is 6.08. The van der Waals surface area contributed by atoms with Gasteiger partial charge in [0.1, 0.15) is 24.2 Å². The summed E-state index contributed by atoms with van der Waals surface area (Å²) in [5, 5.41) is 6.83. The Hall–Kier alpha value is -3.71. The first-order valence-corrected chi connectivity index (χ1v) is 13.6. The summed E-state index contributed by atoms with van der Waals surface area (Å²) in [6.45, 7) is 3.68. The summed E-state index contributed by atoms with van der Waals surface area (Å²) < 4.78 is 51.1. The van der Waals surface area contributed by atoms with Crippen LogP contribution in [0.5, 0.6) is 5.88 Å². The molecule has 2 fully saturated rings. The summed E-state index contributed by atoms with van der Waals surface area (Å²) in [5.41, 5.74) is 8.40. The minimum Gasteiger partial charge on any atom is -0.474 e. The van der Waals surface area contributed by atoms with E-state index in [-0.39, 0.29) is 35.0 Å². The molecule has 2 aliphatic heterocycles. The third kappa shape index (κ3) is 4.07. The minimum absolute atomic E-state index is 0.00345. The van der Waals surface area contributed by atoms with Gasteiger partial charge in [0.05, 0.1) is 11.9 Å². The Morgan fingerprint density at radius 1 is 1.24 bits per heavy atom. The fourth-order valence-electron chi connectivity index (χ4n) is 5.19. The number of nitrogens with zero attached hydrogens (tertiary/aromatic N) is 3. The predicted molar refractivity (Wildman–Crippen MR) is 135 cm³/mol. The lowest BCUT2D eigenvalue weighted by atomic mass is 9.97. The first-order valence-electron chi connectivity index (χ1n) is 11.8. The number of carbonyl (C=O) groups is 1. The van der Waals surface area contributed by atoms with Crippen LogP contribution in [-0.4, -0.2) is 67.4 Å². The molecule has 1 aromatic carbocycles. The average molecular weight is 529 g/mol. The molecule has 3 aliphatic rings. The van der Waals surface area contributed by atoms with Gasteiger partial charge in [-0.25, -0.2) is 31.9 Å². The summed E-state index contributed by atoms with van der Waals surface area (Å²) in [4.78, 5) is 21.0. The molecule has 3 aromatic rings. The molecule has 3 atom stereocenters. The van der Waals surface area contributed by atoms with E-state index < -0.39 is 21.9 Å². The van der Waals surface area contributed by atoms with Crippen molar-refractivity contribution < 1.29 is 27.1 Å². The zero-order valence-corrected chi connectivity index (χ0v) is 20.9. The van der Waals surface area contributed by atoms with Crippen LogP contribution >= 0.6 is 0 Å². The average Bonchev–Trinajstić information content (AvgIpc) is 3.27. The number of ether oxygens (including phenoxy) is 2. The number of pyridine rings is 2. The molecule has 194 valence electrons. The van der Waals surface area contributed by atoms with Gasteiger partial charge in [0.2, 0.25) is 15.9 Å². The first kappa shape index (κ1) is 23.7. The lowest BCUT2D eigenvalue weighted by Gasteiger charge is -2.22. The van der Waals surface area contributed by atoms with Crippen molar-refractivity contribution in [1.29, 1.82) is 0 Å². The van der Waals surface area contributed by atoms with Crippen LogP contribution < -0.4 is 21.1 Å². The summed E-state index contributed by atoms with van der Waals surface area (Å²) >= 11 is 0. The predicted octanol–water partition coefficient (Wildman–Crippen LogP) is 2.57. The van der Waals surface area contributed by atoms with Crippen molar-refractivity contribution in [3.63, 3.8) is 0 Å². The number of hydrogen-bond acceptors (Lipinski definition) is 9. The van der Waals surface area contributed by atoms with Crippen molar-refractivity contribution in [3.05, 3.63) is 35.9 Å². The highest BCUT2D eigenvalue weighted by molar-refractivity contribution is 7.88. The summed E-state index contributed by atoms with van der Waals surface area (Å²) in [7, 11) is -3.25. The smallest absolute Gasteiger partial charge is 0.413 e. The molecule has 1 saturated heterocycles. The van der Waals surface area contributed by atoms with Crippen molar-refractivity contribution >= 4 is 44.1 Å². The second-order valence-electron chi connectivity index (χ2n) is 9.60. The van der Waals surface area contributed by atoms with E-state index in [1.165, 1.54) is 16.8 Å². The second-order valence-corrected chi connectivity index (χ2v) is 11.6. The van der Waals surface area contributed by atoms with E-state index in [0.29, 0.717) is 54.1 Å². The largest absolute Gasteiger partial charge is 0.474 e. The van der Waals surface area contributed by atoms with E-state index in [1.807, 2.05) is 6.92 Å². The molecule has 0 radical (unpaired) electrons. The van der Waals surface area contributed by atoms with Gasteiger partial charge in [0.15, 0.2) is 5.82 Å². The number of piperidine rings is 1. The monoisotopic (exact) mass is 528 g/mol. The zero-order valence-electron chi connectivity index (χ0n) is 20.1. The van der Waals surface area contributed by atoms with Crippen LogP contribution in [0.4, 0.5) is 26.4 Å². The molecule has 6 rings (SSSR count). The van der Waals surface area contributed by atoms with Crippen molar-refractivity contribution in [3.8, 4) is 17.0 Å². The van der Waals surface area contributed by atoms with E-state index in [0.717, 1.165) is 5.56 Å². The van der Waals surface area contributed by atoms with Gasteiger partial charge < -0.3 is 20.5 Å². The Morgan fingerprint density at radius 3 is 2.73 bits per heavy atom. The lowest BCUT2D eigenvalue weighted by Crippen LogP contribution is -2.32. The quantitative estimate of drug-likeness (QED) is 0.434. The molecular formula is C24H25FN6O5S. The standard InChI is InChI=1S/C24H25FN6O5S/c1-11-14(7-29-23-21(11)27-3-4-35-23)13-5-12-6-18(28-8-15(12)20(26)19(13)25)30-24(32)36-22-16-9-31(10-17(16)22)37(2,33)34/h5-8,16-17,22,27H,3-4,9-10,26H2,1-2H3,(H,28,30,32)/t16-,17+,22+. The Bertz CT molecular complexity index is 1550. The van der Waals surface area contributed by atoms with Gasteiger partial charge in [-0.2, -0.15) is 0 Å². The molecule has 2 aromatic heterocycles. The molecule has 0 unspecified atom stereocenters. The van der Waals surface area contributed by atoms with Crippen molar-refractivity contribution in [2.24, 2.45) is 11.8 Å². The van der Waals surface area contributed by atoms with Crippen LogP contribution in [0.1, 0.15) is 5.56 Å². The second kappa shape index (κ2) is 8.42. The number of halogens is 1. The normalized spacial score (nSPS) is 22.5. The van der Waals surface area contributed by atoms with Gasteiger partial charge in [-0.15, -0.1) is 0 Å². The van der Waals surface area contributed by atoms with Gasteiger partial charge in [0.25, 0.3) is 0 Å². The molecular weight excluding hydrogens is 503 g/mol. The van der Waals surface area contributed by atoms with E-state index in [4.69, 9.17) is 15.2 Å². The number of benzene rings is 1. The number of nitrogens with two attached hydrogens (primary N) is 1. The van der Waals surface area contributed by atoms with E-state index in [2.05, 4.69) is 20.6 Å². The number of aromatic nitrogens is 2. The van der Waals surface area contributed by atoms with Crippen LogP contribution in [0, 0.1) is 24.6 Å². The molecule has 1 amide bonds. The van der Waals surface area contributed by atoms with E-state index in [9.17, 15) is 13.2 Å². The maximum absolute atomic E-state index is 15.3. The molecule has 11 nitrogen and oxygen atoms in total. The third-order valence-corrected chi connectivity index (χ3v) is 8.50.